The van der Waals surface area contributed by atoms with Crippen LogP contribution in [0.15, 0.2) is 41.3 Å². The van der Waals surface area contributed by atoms with E-state index in [0.29, 0.717) is 5.69 Å². The fourth-order valence-electron chi connectivity index (χ4n) is 1.71. The van der Waals surface area contributed by atoms with Crippen molar-refractivity contribution in [3.63, 3.8) is 0 Å². The van der Waals surface area contributed by atoms with Crippen LogP contribution >= 0.6 is 12.6 Å². The van der Waals surface area contributed by atoms with Crippen molar-refractivity contribution in [2.24, 2.45) is 0 Å². The van der Waals surface area contributed by atoms with Crippen LogP contribution in [-0.2, 0) is 0 Å². The predicted molar refractivity (Wildman–Crippen MR) is 76.6 cm³/mol. The Kier molecular flexibility index (Phi) is 3.67. The number of anilines is 1. The smallest absolute Gasteiger partial charge is 0.123 e. The van der Waals surface area contributed by atoms with Crippen LogP contribution in [-0.4, -0.2) is 14.2 Å². The number of ether oxygens (including phenoxy) is 2. The third-order valence-corrected chi connectivity index (χ3v) is 3.12. The monoisotopic (exact) mass is 261 g/mol. The highest BCUT2D eigenvalue weighted by Gasteiger charge is 2.05. The van der Waals surface area contributed by atoms with E-state index < -0.39 is 0 Å². The molecule has 2 N–H and O–H groups in total. The van der Waals surface area contributed by atoms with E-state index in [0.717, 1.165) is 27.5 Å². The molecule has 94 valence electrons. The summed E-state index contributed by atoms with van der Waals surface area (Å²) in [5.41, 5.74) is 8.50. The molecular weight excluding hydrogens is 246 g/mol. The summed E-state index contributed by atoms with van der Waals surface area (Å²) in [6, 6.07) is 11.4. The summed E-state index contributed by atoms with van der Waals surface area (Å²) in [6.45, 7) is 0. The van der Waals surface area contributed by atoms with Crippen molar-refractivity contribution < 1.29 is 9.47 Å². The molecule has 2 aromatic carbocycles. The summed E-state index contributed by atoms with van der Waals surface area (Å²) >= 11 is 4.26. The number of thiol groups is 1. The summed E-state index contributed by atoms with van der Waals surface area (Å²) < 4.78 is 10.5. The van der Waals surface area contributed by atoms with Crippen LogP contribution in [0.1, 0.15) is 0 Å². The van der Waals surface area contributed by atoms with Crippen molar-refractivity contribution in [3.8, 4) is 22.6 Å². The van der Waals surface area contributed by atoms with Gasteiger partial charge in [-0.25, -0.2) is 0 Å². The molecule has 0 unspecified atom stereocenters. The Bertz CT molecular complexity index is 547. The van der Waals surface area contributed by atoms with Gasteiger partial charge in [0, 0.05) is 16.6 Å². The van der Waals surface area contributed by atoms with E-state index in [1.807, 2.05) is 36.4 Å². The maximum atomic E-state index is 5.86. The lowest BCUT2D eigenvalue weighted by Gasteiger charge is -2.09. The molecule has 0 radical (unpaired) electrons. The number of nitrogen functional groups attached to an aromatic ring is 1. The van der Waals surface area contributed by atoms with Gasteiger partial charge in [0.1, 0.15) is 11.5 Å². The molecule has 0 amide bonds. The lowest BCUT2D eigenvalue weighted by Crippen LogP contribution is -1.91. The largest absolute Gasteiger partial charge is 0.497 e. The molecule has 18 heavy (non-hydrogen) atoms. The zero-order valence-corrected chi connectivity index (χ0v) is 11.2. The molecule has 0 atom stereocenters. The second kappa shape index (κ2) is 5.23. The van der Waals surface area contributed by atoms with Crippen LogP contribution in [0.3, 0.4) is 0 Å². The quantitative estimate of drug-likeness (QED) is 0.658. The van der Waals surface area contributed by atoms with Crippen LogP contribution in [0.2, 0.25) is 0 Å². The molecule has 0 bridgehead atoms. The van der Waals surface area contributed by atoms with Crippen LogP contribution in [0.5, 0.6) is 11.5 Å². The van der Waals surface area contributed by atoms with Crippen molar-refractivity contribution in [1.82, 2.24) is 0 Å². The van der Waals surface area contributed by atoms with E-state index in [9.17, 15) is 0 Å². The Hall–Kier alpha value is -1.81. The van der Waals surface area contributed by atoms with Crippen LogP contribution in [0, 0.1) is 0 Å². The minimum Gasteiger partial charge on any atom is -0.497 e. The van der Waals surface area contributed by atoms with Crippen LogP contribution < -0.4 is 15.2 Å². The average Bonchev–Trinajstić information content (AvgIpc) is 2.41. The summed E-state index contributed by atoms with van der Waals surface area (Å²) in [6.07, 6.45) is 0. The fourth-order valence-corrected chi connectivity index (χ4v) is 1.85. The first-order valence-corrected chi connectivity index (χ1v) is 5.90. The van der Waals surface area contributed by atoms with Gasteiger partial charge < -0.3 is 15.2 Å². The van der Waals surface area contributed by atoms with Gasteiger partial charge in [0.25, 0.3) is 0 Å². The minimum absolute atomic E-state index is 0.651. The second-order valence-electron chi connectivity index (χ2n) is 3.87. The van der Waals surface area contributed by atoms with Gasteiger partial charge in [0.05, 0.1) is 14.2 Å². The van der Waals surface area contributed by atoms with Gasteiger partial charge in [0.2, 0.25) is 0 Å². The van der Waals surface area contributed by atoms with Crippen molar-refractivity contribution in [3.05, 3.63) is 36.4 Å². The number of rotatable bonds is 3. The van der Waals surface area contributed by atoms with Gasteiger partial charge in [-0.15, -0.1) is 12.6 Å². The molecule has 0 saturated heterocycles. The topological polar surface area (TPSA) is 44.5 Å². The van der Waals surface area contributed by atoms with Crippen molar-refractivity contribution >= 4 is 18.3 Å². The number of nitrogens with two attached hydrogens (primary N) is 1. The van der Waals surface area contributed by atoms with E-state index in [-0.39, 0.29) is 0 Å². The number of hydrogen-bond acceptors (Lipinski definition) is 4. The Morgan fingerprint density at radius 3 is 2.00 bits per heavy atom. The highest BCUT2D eigenvalue weighted by molar-refractivity contribution is 7.80. The number of hydrogen-bond donors (Lipinski definition) is 2. The molecular formula is C14H15NO2S. The van der Waals surface area contributed by atoms with Gasteiger partial charge in [-0.1, -0.05) is 6.07 Å². The third-order valence-electron chi connectivity index (χ3n) is 2.71. The lowest BCUT2D eigenvalue weighted by molar-refractivity contribution is 0.394. The minimum atomic E-state index is 0.651. The predicted octanol–water partition coefficient (Wildman–Crippen LogP) is 3.24. The summed E-state index contributed by atoms with van der Waals surface area (Å²) in [5.74, 6) is 1.50. The first-order valence-electron chi connectivity index (χ1n) is 5.46. The van der Waals surface area contributed by atoms with Gasteiger partial charge in [0.15, 0.2) is 0 Å². The number of benzene rings is 2. The standard InChI is InChI=1S/C14H15NO2S/c1-16-11-5-10(6-12(8-11)17-2)9-3-4-14(18)13(15)7-9/h3-8,18H,15H2,1-2H3. The van der Waals surface area contributed by atoms with E-state index >= 15 is 0 Å². The molecule has 0 aliphatic rings. The van der Waals surface area contributed by atoms with Gasteiger partial charge in [-0.2, -0.15) is 0 Å². The molecule has 0 aromatic heterocycles. The molecule has 2 aromatic rings. The SMILES string of the molecule is COc1cc(OC)cc(-c2ccc(S)c(N)c2)c1. The van der Waals surface area contributed by atoms with Gasteiger partial charge >= 0.3 is 0 Å². The van der Waals surface area contributed by atoms with E-state index in [1.54, 1.807) is 14.2 Å². The number of methoxy groups -OCH3 is 2. The summed E-state index contributed by atoms with van der Waals surface area (Å²) in [7, 11) is 3.26. The Labute approximate surface area is 112 Å². The molecule has 4 heteroatoms. The zero-order valence-electron chi connectivity index (χ0n) is 10.3. The normalized spacial score (nSPS) is 10.2. The molecule has 0 aliphatic heterocycles. The maximum Gasteiger partial charge on any atom is 0.123 e. The van der Waals surface area contributed by atoms with Crippen molar-refractivity contribution in [2.75, 3.05) is 20.0 Å². The lowest BCUT2D eigenvalue weighted by atomic mass is 10.0. The zero-order chi connectivity index (χ0) is 13.1. The Morgan fingerprint density at radius 1 is 0.889 bits per heavy atom. The molecule has 0 heterocycles. The summed E-state index contributed by atoms with van der Waals surface area (Å²) in [4.78, 5) is 0.772. The Morgan fingerprint density at radius 2 is 1.50 bits per heavy atom. The molecule has 0 aliphatic carbocycles. The average molecular weight is 261 g/mol. The second-order valence-corrected chi connectivity index (χ2v) is 4.36. The molecule has 3 nitrogen and oxygen atoms in total. The van der Waals surface area contributed by atoms with Gasteiger partial charge in [-0.3, -0.25) is 0 Å². The fraction of sp³-hybridized carbons (Fsp3) is 0.143. The maximum absolute atomic E-state index is 5.86. The van der Waals surface area contributed by atoms with Crippen molar-refractivity contribution in [2.45, 2.75) is 4.90 Å². The first kappa shape index (κ1) is 12.6. The van der Waals surface area contributed by atoms with Crippen molar-refractivity contribution in [1.29, 1.82) is 0 Å². The van der Waals surface area contributed by atoms with Crippen LogP contribution in [0.25, 0.3) is 11.1 Å². The van der Waals surface area contributed by atoms with E-state index in [1.165, 1.54) is 0 Å². The van der Waals surface area contributed by atoms with E-state index in [2.05, 4.69) is 12.6 Å². The van der Waals surface area contributed by atoms with Crippen LogP contribution in [0.4, 0.5) is 5.69 Å². The highest BCUT2D eigenvalue weighted by Crippen LogP contribution is 2.31. The molecule has 0 saturated carbocycles. The van der Waals surface area contributed by atoms with Gasteiger partial charge in [-0.05, 0) is 35.4 Å². The highest BCUT2D eigenvalue weighted by atomic mass is 32.1. The molecule has 0 fully saturated rings. The summed E-state index contributed by atoms with van der Waals surface area (Å²) in [5, 5.41) is 0. The Balaban J connectivity index is 2.51. The molecule has 2 rings (SSSR count). The third kappa shape index (κ3) is 2.54. The molecule has 0 spiro atoms. The van der Waals surface area contributed by atoms with E-state index in [4.69, 9.17) is 15.2 Å². The first-order chi connectivity index (χ1) is 8.63.